The summed E-state index contributed by atoms with van der Waals surface area (Å²) in [6.45, 7) is 10.1. The van der Waals surface area contributed by atoms with E-state index in [-0.39, 0.29) is 21.9 Å². The van der Waals surface area contributed by atoms with E-state index in [1.54, 1.807) is 12.3 Å². The molecule has 0 spiro atoms. The number of carbonyl (C=O) groups is 2. The van der Waals surface area contributed by atoms with E-state index in [4.69, 9.17) is 23.2 Å². The van der Waals surface area contributed by atoms with Gasteiger partial charge in [0.1, 0.15) is 6.04 Å². The molecule has 0 aliphatic carbocycles. The van der Waals surface area contributed by atoms with E-state index < -0.39 is 17.9 Å². The van der Waals surface area contributed by atoms with Crippen LogP contribution in [0.2, 0.25) is 10.0 Å². The Hall–Kier alpha value is -2.37. The number of nitrogens with one attached hydrogen (secondary N) is 2. The quantitative estimate of drug-likeness (QED) is 0.471. The number of rotatable bonds is 6. The molecule has 0 unspecified atom stereocenters. The molecular formula is C23H27Cl2N3O2. The van der Waals surface area contributed by atoms with E-state index in [2.05, 4.69) is 36.6 Å². The van der Waals surface area contributed by atoms with Gasteiger partial charge in [0.05, 0.1) is 16.8 Å². The Morgan fingerprint density at radius 2 is 1.67 bits per heavy atom. The van der Waals surface area contributed by atoms with Gasteiger partial charge in [-0.15, -0.1) is 0 Å². The molecule has 0 radical (unpaired) electrons. The zero-order chi connectivity index (χ0) is 22.5. The van der Waals surface area contributed by atoms with Gasteiger partial charge in [0.2, 0.25) is 0 Å². The fourth-order valence-corrected chi connectivity index (χ4v) is 3.23. The fraction of sp³-hybridized carbons (Fsp3) is 0.348. The summed E-state index contributed by atoms with van der Waals surface area (Å²) >= 11 is 12.0. The summed E-state index contributed by atoms with van der Waals surface area (Å²) in [7, 11) is 0. The highest BCUT2D eigenvalue weighted by atomic mass is 35.5. The Labute approximate surface area is 187 Å². The molecule has 2 aromatic rings. The molecule has 5 nitrogen and oxygen atoms in total. The first-order chi connectivity index (χ1) is 14.0. The van der Waals surface area contributed by atoms with Gasteiger partial charge in [-0.05, 0) is 40.7 Å². The van der Waals surface area contributed by atoms with E-state index in [1.807, 2.05) is 38.1 Å². The van der Waals surface area contributed by atoms with Gasteiger partial charge >= 0.3 is 0 Å². The van der Waals surface area contributed by atoms with Crippen molar-refractivity contribution in [2.45, 2.75) is 46.1 Å². The Morgan fingerprint density at radius 3 is 2.20 bits per heavy atom. The van der Waals surface area contributed by atoms with Crippen LogP contribution >= 0.6 is 23.2 Å². The van der Waals surface area contributed by atoms with Gasteiger partial charge in [-0.1, -0.05) is 82.1 Å². The van der Waals surface area contributed by atoms with Crippen molar-refractivity contribution in [2.75, 3.05) is 0 Å². The molecule has 2 aromatic carbocycles. The highest BCUT2D eigenvalue weighted by molar-refractivity contribution is 6.36. The molecule has 0 bridgehead atoms. The monoisotopic (exact) mass is 447 g/mol. The van der Waals surface area contributed by atoms with Crippen LogP contribution in [0.15, 0.2) is 47.6 Å². The lowest BCUT2D eigenvalue weighted by atomic mass is 9.87. The van der Waals surface area contributed by atoms with Crippen LogP contribution < -0.4 is 10.7 Å². The molecule has 7 heteroatoms. The van der Waals surface area contributed by atoms with E-state index in [1.165, 1.54) is 17.7 Å². The zero-order valence-corrected chi connectivity index (χ0v) is 19.3. The minimum Gasteiger partial charge on any atom is -0.340 e. The maximum atomic E-state index is 12.6. The first-order valence-electron chi connectivity index (χ1n) is 9.68. The number of nitrogens with zero attached hydrogens (tertiary/aromatic N) is 1. The van der Waals surface area contributed by atoms with Crippen molar-refractivity contribution < 1.29 is 9.59 Å². The van der Waals surface area contributed by atoms with Gasteiger partial charge in [0.15, 0.2) is 0 Å². The third-order valence-corrected chi connectivity index (χ3v) is 5.12. The van der Waals surface area contributed by atoms with E-state index in [0.29, 0.717) is 5.02 Å². The van der Waals surface area contributed by atoms with Crippen molar-refractivity contribution in [1.29, 1.82) is 0 Å². The Bertz CT molecular complexity index is 932. The fourth-order valence-electron chi connectivity index (χ4n) is 2.74. The summed E-state index contributed by atoms with van der Waals surface area (Å²) in [5.74, 6) is -1.01. The molecule has 0 heterocycles. The second-order valence-corrected chi connectivity index (χ2v) is 9.27. The third kappa shape index (κ3) is 6.57. The van der Waals surface area contributed by atoms with Crippen molar-refractivity contribution in [1.82, 2.24) is 10.7 Å². The molecule has 1 atom stereocenters. The highest BCUT2D eigenvalue weighted by Gasteiger charge is 2.25. The van der Waals surface area contributed by atoms with Crippen LogP contribution in [0.3, 0.4) is 0 Å². The molecule has 0 saturated carbocycles. The first-order valence-corrected chi connectivity index (χ1v) is 10.4. The summed E-state index contributed by atoms with van der Waals surface area (Å²) in [6, 6.07) is 11.8. The van der Waals surface area contributed by atoms with Crippen molar-refractivity contribution in [2.24, 2.45) is 11.0 Å². The molecule has 2 rings (SSSR count). The molecule has 0 aromatic heterocycles. The Morgan fingerprint density at radius 1 is 1.03 bits per heavy atom. The SMILES string of the molecule is CC(C)[C@H](NC(=O)c1ccc(Cl)cc1Cl)C(=O)N/N=C\c1ccc(C(C)(C)C)cc1. The molecule has 160 valence electrons. The number of hydrazone groups is 1. The molecule has 2 N–H and O–H groups in total. The van der Waals surface area contributed by atoms with Crippen LogP contribution in [0.1, 0.15) is 56.1 Å². The lowest BCUT2D eigenvalue weighted by Crippen LogP contribution is -2.48. The molecule has 0 aliphatic heterocycles. The van der Waals surface area contributed by atoms with Gasteiger partial charge in [0.25, 0.3) is 11.8 Å². The number of carbonyl (C=O) groups excluding carboxylic acids is 2. The maximum absolute atomic E-state index is 12.6. The average molecular weight is 448 g/mol. The smallest absolute Gasteiger partial charge is 0.262 e. The van der Waals surface area contributed by atoms with Crippen LogP contribution in [0, 0.1) is 5.92 Å². The topological polar surface area (TPSA) is 70.6 Å². The first kappa shape index (κ1) is 23.9. The molecule has 30 heavy (non-hydrogen) atoms. The largest absolute Gasteiger partial charge is 0.340 e. The minimum atomic E-state index is -0.773. The molecule has 2 amide bonds. The summed E-state index contributed by atoms with van der Waals surface area (Å²) < 4.78 is 0. The minimum absolute atomic E-state index is 0.0690. The molecule has 0 saturated heterocycles. The van der Waals surface area contributed by atoms with Gasteiger partial charge in [-0.3, -0.25) is 9.59 Å². The summed E-state index contributed by atoms with van der Waals surface area (Å²) in [5.41, 5.74) is 4.90. The number of halogens is 2. The normalized spacial score (nSPS) is 12.8. The Balaban J connectivity index is 2.03. The summed E-state index contributed by atoms with van der Waals surface area (Å²) in [6.07, 6.45) is 1.57. The Kier molecular flexibility index (Phi) is 8.04. The number of hydrogen-bond donors (Lipinski definition) is 2. The maximum Gasteiger partial charge on any atom is 0.262 e. The van der Waals surface area contributed by atoms with Crippen molar-refractivity contribution in [3.05, 3.63) is 69.2 Å². The van der Waals surface area contributed by atoms with Gasteiger partial charge in [-0.2, -0.15) is 5.10 Å². The molecular weight excluding hydrogens is 421 g/mol. The van der Waals surface area contributed by atoms with E-state index in [9.17, 15) is 9.59 Å². The van der Waals surface area contributed by atoms with Crippen LogP contribution in [0.4, 0.5) is 0 Å². The van der Waals surface area contributed by atoms with Crippen LogP contribution in [-0.4, -0.2) is 24.1 Å². The molecule has 0 fully saturated rings. The van der Waals surface area contributed by atoms with Gasteiger partial charge in [-0.25, -0.2) is 5.43 Å². The predicted molar refractivity (Wildman–Crippen MR) is 123 cm³/mol. The number of hydrogen-bond acceptors (Lipinski definition) is 3. The van der Waals surface area contributed by atoms with Crippen molar-refractivity contribution in [3.63, 3.8) is 0 Å². The standard InChI is InChI=1S/C23H27Cl2N3O2/c1-14(2)20(27-21(29)18-11-10-17(24)12-19(18)25)22(30)28-26-13-15-6-8-16(9-7-15)23(3,4)5/h6-14,20H,1-5H3,(H,27,29)(H,28,30)/b26-13-/t20-/m0/s1. The van der Waals surface area contributed by atoms with Crippen LogP contribution in [0.5, 0.6) is 0 Å². The van der Waals surface area contributed by atoms with Gasteiger partial charge < -0.3 is 5.32 Å². The highest BCUT2D eigenvalue weighted by Crippen LogP contribution is 2.22. The zero-order valence-electron chi connectivity index (χ0n) is 17.8. The van der Waals surface area contributed by atoms with E-state index in [0.717, 1.165) is 5.56 Å². The second-order valence-electron chi connectivity index (χ2n) is 8.43. The van der Waals surface area contributed by atoms with Crippen molar-refractivity contribution in [3.8, 4) is 0 Å². The number of amides is 2. The third-order valence-electron chi connectivity index (χ3n) is 4.58. The lowest BCUT2D eigenvalue weighted by molar-refractivity contribution is -0.123. The lowest BCUT2D eigenvalue weighted by Gasteiger charge is -2.20. The predicted octanol–water partition coefficient (Wildman–Crippen LogP) is 5.20. The summed E-state index contributed by atoms with van der Waals surface area (Å²) in [5, 5.41) is 7.39. The second kappa shape index (κ2) is 10.1. The number of benzene rings is 2. The van der Waals surface area contributed by atoms with Crippen LogP contribution in [0.25, 0.3) is 0 Å². The summed E-state index contributed by atoms with van der Waals surface area (Å²) in [4.78, 5) is 25.1. The van der Waals surface area contributed by atoms with Crippen molar-refractivity contribution >= 4 is 41.2 Å². The van der Waals surface area contributed by atoms with Gasteiger partial charge in [0, 0.05) is 5.02 Å². The molecule has 0 aliphatic rings. The van der Waals surface area contributed by atoms with Crippen LogP contribution in [-0.2, 0) is 10.2 Å². The van der Waals surface area contributed by atoms with E-state index >= 15 is 0 Å². The average Bonchev–Trinajstić information content (AvgIpc) is 2.65.